The van der Waals surface area contributed by atoms with Crippen molar-refractivity contribution in [2.75, 3.05) is 0 Å². The molecule has 2 aromatic rings. The number of aliphatic hydroxyl groups excluding tert-OH is 1. The molecule has 154 valence electrons. The molecular formula is C20H26F3N3O2. The van der Waals surface area contributed by atoms with E-state index in [0.29, 0.717) is 17.0 Å². The van der Waals surface area contributed by atoms with Crippen LogP contribution < -0.4 is 4.74 Å². The highest BCUT2D eigenvalue weighted by molar-refractivity contribution is 5.94. The number of nitriles is 1. The molecule has 0 fully saturated rings. The molecule has 0 aliphatic rings. The van der Waals surface area contributed by atoms with Crippen molar-refractivity contribution in [2.45, 2.75) is 47.9 Å². The fraction of sp³-hybridized carbons (Fsp3) is 0.400. The Morgan fingerprint density at radius 2 is 1.61 bits per heavy atom. The van der Waals surface area contributed by atoms with Gasteiger partial charge in [-0.05, 0) is 43.7 Å². The first-order valence-electron chi connectivity index (χ1n) is 8.84. The van der Waals surface area contributed by atoms with Gasteiger partial charge in [-0.25, -0.2) is 0 Å². The van der Waals surface area contributed by atoms with Crippen LogP contribution >= 0.6 is 0 Å². The second-order valence-corrected chi connectivity index (χ2v) is 5.08. The number of aliphatic hydroxyl groups is 1. The highest BCUT2D eigenvalue weighted by Crippen LogP contribution is 2.30. The fourth-order valence-electron chi connectivity index (χ4n) is 2.32. The maximum Gasteiger partial charge on any atom is 0.573 e. The second-order valence-electron chi connectivity index (χ2n) is 5.08. The predicted molar refractivity (Wildman–Crippen MR) is 104 cm³/mol. The van der Waals surface area contributed by atoms with Crippen LogP contribution in [-0.2, 0) is 7.05 Å². The predicted octanol–water partition coefficient (Wildman–Crippen LogP) is 5.94. The van der Waals surface area contributed by atoms with E-state index in [1.165, 1.54) is 12.1 Å². The molecule has 1 N–H and O–H groups in total. The Balaban J connectivity index is 0.00000171. The van der Waals surface area contributed by atoms with Gasteiger partial charge in [-0.15, -0.1) is 13.2 Å². The van der Waals surface area contributed by atoms with Gasteiger partial charge in [0.25, 0.3) is 0 Å². The van der Waals surface area contributed by atoms with Crippen LogP contribution in [0.2, 0.25) is 0 Å². The van der Waals surface area contributed by atoms with Crippen molar-refractivity contribution in [3.05, 3.63) is 46.8 Å². The van der Waals surface area contributed by atoms with Crippen molar-refractivity contribution in [1.82, 2.24) is 9.78 Å². The van der Waals surface area contributed by atoms with E-state index in [9.17, 15) is 23.5 Å². The van der Waals surface area contributed by atoms with Crippen molar-refractivity contribution in [3.63, 3.8) is 0 Å². The van der Waals surface area contributed by atoms with Crippen LogP contribution in [0.4, 0.5) is 13.2 Å². The molecule has 0 spiro atoms. The quantitative estimate of drug-likeness (QED) is 0.514. The molecule has 0 unspecified atom stereocenters. The minimum Gasteiger partial charge on any atom is -0.506 e. The van der Waals surface area contributed by atoms with E-state index in [2.05, 4.69) is 9.84 Å². The molecule has 28 heavy (non-hydrogen) atoms. The summed E-state index contributed by atoms with van der Waals surface area (Å²) < 4.78 is 41.9. The lowest BCUT2D eigenvalue weighted by atomic mass is 10.0. The molecule has 5 nitrogen and oxygen atoms in total. The second kappa shape index (κ2) is 11.0. The third-order valence-electron chi connectivity index (χ3n) is 3.47. The maximum atomic E-state index is 12.2. The van der Waals surface area contributed by atoms with Gasteiger partial charge in [0.05, 0.1) is 11.3 Å². The first-order valence-corrected chi connectivity index (χ1v) is 8.84. The Morgan fingerprint density at radius 1 is 1.11 bits per heavy atom. The third-order valence-corrected chi connectivity index (χ3v) is 3.47. The van der Waals surface area contributed by atoms with E-state index in [0.717, 1.165) is 12.1 Å². The Hall–Kier alpha value is -2.95. The molecule has 0 amide bonds. The van der Waals surface area contributed by atoms with Gasteiger partial charge in [-0.2, -0.15) is 10.4 Å². The number of alkyl halides is 3. The highest BCUT2D eigenvalue weighted by Gasteiger charge is 2.31. The Morgan fingerprint density at radius 3 is 1.96 bits per heavy atom. The number of allylic oxidation sites excluding steroid dienone is 1. The van der Waals surface area contributed by atoms with Crippen LogP contribution in [0.1, 0.15) is 50.2 Å². The van der Waals surface area contributed by atoms with Crippen molar-refractivity contribution >= 4 is 11.3 Å². The molecular weight excluding hydrogens is 371 g/mol. The van der Waals surface area contributed by atoms with Crippen LogP contribution in [0, 0.1) is 25.2 Å². The summed E-state index contributed by atoms with van der Waals surface area (Å²) in [5.41, 5.74) is 1.83. The van der Waals surface area contributed by atoms with Gasteiger partial charge in [-0.3, -0.25) is 4.68 Å². The first-order chi connectivity index (χ1) is 13.1. The van der Waals surface area contributed by atoms with Gasteiger partial charge in [0.2, 0.25) is 0 Å². The zero-order valence-corrected chi connectivity index (χ0v) is 17.1. The lowest BCUT2D eigenvalue weighted by Gasteiger charge is -2.10. The number of nitrogens with zero attached hydrogens (tertiary/aromatic N) is 3. The summed E-state index contributed by atoms with van der Waals surface area (Å²) in [5, 5.41) is 24.0. The van der Waals surface area contributed by atoms with Gasteiger partial charge in [-0.1, -0.05) is 27.7 Å². The lowest BCUT2D eigenvalue weighted by molar-refractivity contribution is -0.274. The molecule has 1 aromatic carbocycles. The third kappa shape index (κ3) is 6.34. The van der Waals surface area contributed by atoms with Crippen molar-refractivity contribution in [3.8, 4) is 11.8 Å². The monoisotopic (exact) mass is 397 g/mol. The molecule has 0 saturated heterocycles. The van der Waals surface area contributed by atoms with Crippen molar-refractivity contribution in [2.24, 2.45) is 7.05 Å². The van der Waals surface area contributed by atoms with Gasteiger partial charge in [0, 0.05) is 12.7 Å². The number of benzene rings is 1. The summed E-state index contributed by atoms with van der Waals surface area (Å²) in [5.74, 6) is -0.679. The summed E-state index contributed by atoms with van der Waals surface area (Å²) in [7, 11) is 1.70. The molecule has 0 aliphatic heterocycles. The van der Waals surface area contributed by atoms with Gasteiger partial charge >= 0.3 is 6.36 Å². The normalized spacial score (nSPS) is 11.2. The van der Waals surface area contributed by atoms with Gasteiger partial charge in [0.1, 0.15) is 23.2 Å². The number of aryl methyl sites for hydroxylation is 2. The summed E-state index contributed by atoms with van der Waals surface area (Å²) >= 11 is 0. The van der Waals surface area contributed by atoms with E-state index < -0.39 is 12.1 Å². The molecule has 0 bridgehead atoms. The summed E-state index contributed by atoms with van der Waals surface area (Å²) in [6.45, 7) is 11.4. The number of ether oxygens (including phenoxy) is 1. The van der Waals surface area contributed by atoms with Gasteiger partial charge in [0.15, 0.2) is 0 Å². The van der Waals surface area contributed by atoms with Crippen molar-refractivity contribution < 1.29 is 23.0 Å². The van der Waals surface area contributed by atoms with Crippen LogP contribution in [0.5, 0.6) is 5.75 Å². The fourth-order valence-corrected chi connectivity index (χ4v) is 2.32. The summed E-state index contributed by atoms with van der Waals surface area (Å²) in [6.07, 6.45) is -4.79. The number of halogens is 3. The van der Waals surface area contributed by atoms with Gasteiger partial charge < -0.3 is 9.84 Å². The first kappa shape index (κ1) is 25.1. The summed E-state index contributed by atoms with van der Waals surface area (Å²) in [6, 6.07) is 6.59. The molecule has 8 heteroatoms. The smallest absolute Gasteiger partial charge is 0.506 e. The van der Waals surface area contributed by atoms with Crippen LogP contribution in [0.3, 0.4) is 0 Å². The number of hydrogen-bond donors (Lipinski definition) is 1. The minimum atomic E-state index is -4.79. The number of aromatic nitrogens is 2. The van der Waals surface area contributed by atoms with Crippen LogP contribution in [0.15, 0.2) is 24.3 Å². The van der Waals surface area contributed by atoms with Crippen LogP contribution in [-0.4, -0.2) is 21.2 Å². The van der Waals surface area contributed by atoms with E-state index in [1.807, 2.05) is 33.8 Å². The molecule has 0 radical (unpaired) electrons. The SMILES string of the molecule is CC.CC.Cc1nn(C)c(C)c1/C(O)=C(\C#N)c1ccc(OC(F)(F)F)cc1. The van der Waals surface area contributed by atoms with Crippen LogP contribution in [0.25, 0.3) is 11.3 Å². The zero-order chi connectivity index (χ0) is 22.1. The highest BCUT2D eigenvalue weighted by atomic mass is 19.4. The van der Waals surface area contributed by atoms with E-state index in [1.54, 1.807) is 25.6 Å². The molecule has 0 atom stereocenters. The number of hydrogen-bond acceptors (Lipinski definition) is 4. The molecule has 0 aliphatic carbocycles. The Kier molecular flexibility index (Phi) is 9.86. The molecule has 0 saturated carbocycles. The molecule has 2 rings (SSSR count). The Bertz CT molecular complexity index is 830. The molecule has 1 aromatic heterocycles. The summed E-state index contributed by atoms with van der Waals surface area (Å²) in [4.78, 5) is 0. The van der Waals surface area contributed by atoms with E-state index in [4.69, 9.17) is 0 Å². The standard InChI is InChI=1S/C16H14F3N3O2.2C2H6/c1-9-14(10(2)22(3)21-9)15(23)13(8-20)11-4-6-12(7-5-11)24-16(17,18)19;2*1-2/h4-7,23H,1-3H3;2*1-2H3/b15-13-;;. The van der Waals surface area contributed by atoms with E-state index in [-0.39, 0.29) is 16.9 Å². The minimum absolute atomic E-state index is 0.0623. The topological polar surface area (TPSA) is 71.1 Å². The van der Waals surface area contributed by atoms with E-state index >= 15 is 0 Å². The van der Waals surface area contributed by atoms with Crippen molar-refractivity contribution in [1.29, 1.82) is 5.26 Å². The number of rotatable bonds is 3. The average molecular weight is 397 g/mol. The lowest BCUT2D eigenvalue weighted by Crippen LogP contribution is -2.17. The average Bonchev–Trinajstić information content (AvgIpc) is 2.91. The Labute approximate surface area is 163 Å². The molecule has 1 heterocycles. The zero-order valence-electron chi connectivity index (χ0n) is 17.1. The largest absolute Gasteiger partial charge is 0.573 e. The maximum absolute atomic E-state index is 12.2.